The molecule has 1 saturated heterocycles. The van der Waals surface area contributed by atoms with E-state index in [1.165, 1.54) is 0 Å². The SMILES string of the molecule is CN1CCC[C@H](C(=O)Nc2cc(C(F)(F)F)ccc2Cl)C1. The molecule has 0 aliphatic carbocycles. The standard InChI is InChI=1S/C14H16ClF3N2O/c1-20-6-2-3-9(8-20)13(21)19-12-7-10(14(16,17)18)4-5-11(12)15/h4-5,7,9H,2-3,6,8H2,1H3,(H,19,21)/t9-/m0/s1. The molecule has 0 bridgehead atoms. The van der Waals surface area contributed by atoms with Crippen molar-refractivity contribution in [1.82, 2.24) is 4.90 Å². The lowest BCUT2D eigenvalue weighted by Gasteiger charge is -2.28. The van der Waals surface area contributed by atoms with E-state index < -0.39 is 11.7 Å². The molecule has 1 aliphatic rings. The molecule has 1 amide bonds. The average molecular weight is 321 g/mol. The lowest BCUT2D eigenvalue weighted by molar-refractivity contribution is -0.137. The van der Waals surface area contributed by atoms with Crippen LogP contribution in [0.3, 0.4) is 0 Å². The highest BCUT2D eigenvalue weighted by atomic mass is 35.5. The summed E-state index contributed by atoms with van der Waals surface area (Å²) >= 11 is 5.87. The van der Waals surface area contributed by atoms with Gasteiger partial charge < -0.3 is 10.2 Å². The van der Waals surface area contributed by atoms with E-state index in [1.807, 2.05) is 11.9 Å². The molecule has 0 unspecified atom stereocenters. The van der Waals surface area contributed by atoms with Crippen LogP contribution in [0, 0.1) is 5.92 Å². The van der Waals surface area contributed by atoms with Crippen molar-refractivity contribution >= 4 is 23.2 Å². The van der Waals surface area contributed by atoms with Crippen molar-refractivity contribution < 1.29 is 18.0 Å². The van der Waals surface area contributed by atoms with Crippen molar-refractivity contribution in [3.05, 3.63) is 28.8 Å². The predicted octanol–water partition coefficient (Wildman–Crippen LogP) is 3.64. The van der Waals surface area contributed by atoms with E-state index >= 15 is 0 Å². The van der Waals surface area contributed by atoms with E-state index in [0.29, 0.717) is 6.54 Å². The number of carbonyl (C=O) groups excluding carboxylic acids is 1. The largest absolute Gasteiger partial charge is 0.416 e. The molecular formula is C14H16ClF3N2O. The van der Waals surface area contributed by atoms with Gasteiger partial charge in [0.15, 0.2) is 0 Å². The Morgan fingerprint density at radius 1 is 1.43 bits per heavy atom. The Morgan fingerprint density at radius 3 is 2.76 bits per heavy atom. The number of anilines is 1. The number of hydrogen-bond acceptors (Lipinski definition) is 2. The minimum Gasteiger partial charge on any atom is -0.324 e. The highest BCUT2D eigenvalue weighted by molar-refractivity contribution is 6.33. The van der Waals surface area contributed by atoms with Gasteiger partial charge in [0.2, 0.25) is 5.91 Å². The van der Waals surface area contributed by atoms with Crippen molar-refractivity contribution in [3.8, 4) is 0 Å². The summed E-state index contributed by atoms with van der Waals surface area (Å²) in [5.41, 5.74) is -0.826. The number of piperidine rings is 1. The number of nitrogens with one attached hydrogen (secondary N) is 1. The number of rotatable bonds is 2. The molecule has 0 spiro atoms. The van der Waals surface area contributed by atoms with E-state index in [2.05, 4.69) is 5.32 Å². The fourth-order valence-electron chi connectivity index (χ4n) is 2.41. The molecule has 0 saturated carbocycles. The molecule has 116 valence electrons. The molecule has 3 nitrogen and oxygen atoms in total. The number of likely N-dealkylation sites (tertiary alicyclic amines) is 1. The fourth-order valence-corrected chi connectivity index (χ4v) is 2.58. The number of hydrogen-bond donors (Lipinski definition) is 1. The van der Waals surface area contributed by atoms with Gasteiger partial charge in [-0.05, 0) is 44.6 Å². The van der Waals surface area contributed by atoms with Crippen LogP contribution in [-0.4, -0.2) is 30.9 Å². The van der Waals surface area contributed by atoms with Crippen LogP contribution in [0.1, 0.15) is 18.4 Å². The van der Waals surface area contributed by atoms with Gasteiger partial charge >= 0.3 is 6.18 Å². The number of amides is 1. The van der Waals surface area contributed by atoms with E-state index in [-0.39, 0.29) is 22.5 Å². The van der Waals surface area contributed by atoms with Crippen molar-refractivity contribution in [2.45, 2.75) is 19.0 Å². The van der Waals surface area contributed by atoms with Gasteiger partial charge in [-0.1, -0.05) is 11.6 Å². The maximum Gasteiger partial charge on any atom is 0.416 e. The Labute approximate surface area is 126 Å². The maximum atomic E-state index is 12.7. The summed E-state index contributed by atoms with van der Waals surface area (Å²) in [7, 11) is 1.91. The highest BCUT2D eigenvalue weighted by Gasteiger charge is 2.31. The molecule has 1 aromatic rings. The van der Waals surface area contributed by atoms with E-state index in [0.717, 1.165) is 37.6 Å². The smallest absolute Gasteiger partial charge is 0.324 e. The second kappa shape index (κ2) is 6.23. The third-order valence-electron chi connectivity index (χ3n) is 3.55. The fraction of sp³-hybridized carbons (Fsp3) is 0.500. The molecule has 21 heavy (non-hydrogen) atoms. The minimum absolute atomic E-state index is 0.00437. The number of carbonyl (C=O) groups is 1. The first kappa shape index (κ1) is 16.1. The molecular weight excluding hydrogens is 305 g/mol. The molecule has 1 N–H and O–H groups in total. The molecule has 1 fully saturated rings. The molecule has 2 rings (SSSR count). The van der Waals surface area contributed by atoms with Crippen molar-refractivity contribution in [1.29, 1.82) is 0 Å². The lowest BCUT2D eigenvalue weighted by atomic mass is 9.97. The van der Waals surface area contributed by atoms with Crippen LogP contribution in [0.25, 0.3) is 0 Å². The van der Waals surface area contributed by atoms with Crippen molar-refractivity contribution in [3.63, 3.8) is 0 Å². The molecule has 1 heterocycles. The minimum atomic E-state index is -4.46. The van der Waals surface area contributed by atoms with E-state index in [9.17, 15) is 18.0 Å². The summed E-state index contributed by atoms with van der Waals surface area (Å²) in [5, 5.41) is 2.61. The maximum absolute atomic E-state index is 12.7. The zero-order valence-electron chi connectivity index (χ0n) is 11.5. The zero-order valence-corrected chi connectivity index (χ0v) is 12.3. The van der Waals surface area contributed by atoms with Crippen LogP contribution in [-0.2, 0) is 11.0 Å². The van der Waals surface area contributed by atoms with Crippen LogP contribution in [0.15, 0.2) is 18.2 Å². The summed E-state index contributed by atoms with van der Waals surface area (Å²) < 4.78 is 38.0. The first-order chi connectivity index (χ1) is 9.77. The van der Waals surface area contributed by atoms with Gasteiger partial charge in [-0.3, -0.25) is 4.79 Å². The Bertz CT molecular complexity index is 533. The monoisotopic (exact) mass is 320 g/mol. The quantitative estimate of drug-likeness (QED) is 0.902. The Morgan fingerprint density at radius 2 is 2.14 bits per heavy atom. The molecule has 7 heteroatoms. The van der Waals surface area contributed by atoms with Crippen molar-refractivity contribution in [2.24, 2.45) is 5.92 Å². The van der Waals surface area contributed by atoms with E-state index in [4.69, 9.17) is 11.6 Å². The summed E-state index contributed by atoms with van der Waals surface area (Å²) in [5.74, 6) is -0.517. The molecule has 1 aromatic carbocycles. The Kier molecular flexibility index (Phi) is 4.78. The number of alkyl halides is 3. The van der Waals surface area contributed by atoms with Crippen LogP contribution < -0.4 is 5.32 Å². The third-order valence-corrected chi connectivity index (χ3v) is 3.88. The van der Waals surface area contributed by atoms with Crippen LogP contribution in [0.5, 0.6) is 0 Å². The van der Waals surface area contributed by atoms with Gasteiger partial charge in [0, 0.05) is 6.54 Å². The normalized spacial score (nSPS) is 20.3. The van der Waals surface area contributed by atoms with Gasteiger partial charge in [0.25, 0.3) is 0 Å². The topological polar surface area (TPSA) is 32.3 Å². The number of halogens is 4. The van der Waals surface area contributed by atoms with Crippen LogP contribution in [0.4, 0.5) is 18.9 Å². The Balaban J connectivity index is 2.13. The third kappa shape index (κ3) is 4.11. The average Bonchev–Trinajstić information content (AvgIpc) is 2.40. The predicted molar refractivity (Wildman–Crippen MR) is 75.3 cm³/mol. The van der Waals surface area contributed by atoms with Gasteiger partial charge in [-0.2, -0.15) is 13.2 Å². The molecule has 0 radical (unpaired) electrons. The van der Waals surface area contributed by atoms with Gasteiger partial charge in [0.1, 0.15) is 0 Å². The Hall–Kier alpha value is -1.27. The van der Waals surface area contributed by atoms with Crippen LogP contribution in [0.2, 0.25) is 5.02 Å². The number of nitrogens with zero attached hydrogens (tertiary/aromatic N) is 1. The zero-order chi connectivity index (χ0) is 15.6. The first-order valence-electron chi connectivity index (χ1n) is 6.63. The second-order valence-corrected chi connectivity index (χ2v) is 5.69. The summed E-state index contributed by atoms with van der Waals surface area (Å²) in [6, 6.07) is 2.91. The lowest BCUT2D eigenvalue weighted by Crippen LogP contribution is -2.38. The summed E-state index contributed by atoms with van der Waals surface area (Å²) in [4.78, 5) is 14.2. The number of benzene rings is 1. The van der Waals surface area contributed by atoms with Gasteiger partial charge in [0.05, 0.1) is 22.2 Å². The summed E-state index contributed by atoms with van der Waals surface area (Å²) in [6.45, 7) is 1.52. The van der Waals surface area contributed by atoms with Gasteiger partial charge in [-0.25, -0.2) is 0 Å². The summed E-state index contributed by atoms with van der Waals surface area (Å²) in [6.07, 6.45) is -2.84. The van der Waals surface area contributed by atoms with E-state index in [1.54, 1.807) is 0 Å². The second-order valence-electron chi connectivity index (χ2n) is 5.28. The first-order valence-corrected chi connectivity index (χ1v) is 7.01. The molecule has 1 aliphatic heterocycles. The van der Waals surface area contributed by atoms with Gasteiger partial charge in [-0.15, -0.1) is 0 Å². The van der Waals surface area contributed by atoms with Crippen LogP contribution >= 0.6 is 11.6 Å². The molecule has 1 atom stereocenters. The highest BCUT2D eigenvalue weighted by Crippen LogP contribution is 2.34. The molecule has 0 aromatic heterocycles. The van der Waals surface area contributed by atoms with Crippen molar-refractivity contribution in [2.75, 3.05) is 25.5 Å².